The Bertz CT molecular complexity index is 1110. The number of nitrogens with one attached hydrogen (secondary N) is 2. The smallest absolute Gasteiger partial charge is 0.408 e. The van der Waals surface area contributed by atoms with E-state index in [9.17, 15) is 24.6 Å². The molecule has 0 aliphatic rings. The Balaban J connectivity index is 2.54. The van der Waals surface area contributed by atoms with Crippen molar-refractivity contribution in [2.45, 2.75) is 78.6 Å². The Morgan fingerprint density at radius 2 is 1.61 bits per heavy atom. The number of carbonyl (C=O) groups excluding carboxylic acids is 3. The van der Waals surface area contributed by atoms with Gasteiger partial charge in [-0.25, -0.2) is 4.79 Å². The molecule has 0 saturated carbocycles. The van der Waals surface area contributed by atoms with Crippen LogP contribution in [-0.4, -0.2) is 63.9 Å². The van der Waals surface area contributed by atoms with Gasteiger partial charge in [-0.15, -0.1) is 0 Å². The van der Waals surface area contributed by atoms with Crippen molar-refractivity contribution in [1.29, 1.82) is 0 Å². The highest BCUT2D eigenvalue weighted by molar-refractivity contribution is 5.92. The van der Waals surface area contributed by atoms with Gasteiger partial charge in [-0.3, -0.25) is 9.59 Å². The number of rotatable bonds is 10. The van der Waals surface area contributed by atoms with E-state index in [4.69, 9.17) is 4.74 Å². The number of phenols is 1. The minimum Gasteiger partial charge on any atom is -0.508 e. The molecule has 38 heavy (non-hydrogen) atoms. The maximum atomic E-state index is 14.1. The average molecular weight is 528 g/mol. The summed E-state index contributed by atoms with van der Waals surface area (Å²) in [6, 6.07) is 9.47. The molecule has 0 fully saturated rings. The molecule has 2 unspecified atom stereocenters. The number of alkyl carbamates (subject to hydrolysis) is 1. The number of aliphatic hydroxyl groups excluding tert-OH is 1. The van der Waals surface area contributed by atoms with E-state index in [0.717, 1.165) is 11.1 Å². The second-order valence-corrected chi connectivity index (χ2v) is 10.7. The zero-order valence-electron chi connectivity index (χ0n) is 23.4. The van der Waals surface area contributed by atoms with Gasteiger partial charge in [0.1, 0.15) is 23.4 Å². The summed E-state index contributed by atoms with van der Waals surface area (Å²) in [5.41, 5.74) is 2.46. The summed E-state index contributed by atoms with van der Waals surface area (Å²) in [5.74, 6) is -0.885. The predicted octanol–water partition coefficient (Wildman–Crippen LogP) is 3.53. The van der Waals surface area contributed by atoms with E-state index >= 15 is 0 Å². The third-order valence-electron chi connectivity index (χ3n) is 5.83. The molecule has 0 spiro atoms. The number of nitrogens with zero attached hydrogens (tertiary/aromatic N) is 1. The molecule has 2 aromatic rings. The number of carbonyl (C=O) groups is 3. The van der Waals surface area contributed by atoms with Crippen molar-refractivity contribution in [2.75, 3.05) is 13.2 Å². The maximum absolute atomic E-state index is 14.1. The number of hydrogen-bond donors (Lipinski definition) is 4. The number of aryl methyl sites for hydroxylation is 2. The Kier molecular flexibility index (Phi) is 10.7. The van der Waals surface area contributed by atoms with E-state index in [1.54, 1.807) is 39.0 Å². The van der Waals surface area contributed by atoms with Gasteiger partial charge in [0.2, 0.25) is 11.8 Å². The van der Waals surface area contributed by atoms with Crippen LogP contribution in [0.2, 0.25) is 0 Å². The van der Waals surface area contributed by atoms with Crippen LogP contribution in [0.3, 0.4) is 0 Å². The van der Waals surface area contributed by atoms with Crippen LogP contribution >= 0.6 is 0 Å². The van der Waals surface area contributed by atoms with Crippen LogP contribution in [0.4, 0.5) is 4.79 Å². The summed E-state index contributed by atoms with van der Waals surface area (Å²) < 4.78 is 5.40. The zero-order chi connectivity index (χ0) is 28.6. The van der Waals surface area contributed by atoms with E-state index in [-0.39, 0.29) is 31.4 Å². The van der Waals surface area contributed by atoms with Gasteiger partial charge in [0, 0.05) is 19.0 Å². The highest BCUT2D eigenvalue weighted by atomic mass is 16.6. The second-order valence-electron chi connectivity index (χ2n) is 10.7. The van der Waals surface area contributed by atoms with Crippen LogP contribution < -0.4 is 10.6 Å². The Labute approximate surface area is 225 Å². The standard InChI is InChI=1S/C29H41N3O6/c1-18(2)30-26(35)25(22-11-8-19(3)20(4)16-22)32(14-15-33)27(36)24(31-28(37)38-29(5,6)7)17-21-9-12-23(34)13-10-21/h8-13,16,18,24-25,33-34H,14-15,17H2,1-7H3,(H,30,35)(H,31,37). The first-order valence-electron chi connectivity index (χ1n) is 12.8. The van der Waals surface area contributed by atoms with Crippen molar-refractivity contribution in [3.63, 3.8) is 0 Å². The van der Waals surface area contributed by atoms with Crippen molar-refractivity contribution >= 4 is 17.9 Å². The molecule has 0 heterocycles. The number of phenolic OH excluding ortho intramolecular Hbond substituents is 1. The van der Waals surface area contributed by atoms with Gasteiger partial charge in [0.25, 0.3) is 0 Å². The van der Waals surface area contributed by atoms with Crippen LogP contribution in [0.5, 0.6) is 5.75 Å². The normalized spacial score (nSPS) is 13.0. The summed E-state index contributed by atoms with van der Waals surface area (Å²) in [5, 5.41) is 25.1. The molecule has 4 N–H and O–H groups in total. The van der Waals surface area contributed by atoms with E-state index in [1.807, 2.05) is 39.8 Å². The highest BCUT2D eigenvalue weighted by Gasteiger charge is 2.36. The fourth-order valence-electron chi connectivity index (χ4n) is 3.96. The fourth-order valence-corrected chi connectivity index (χ4v) is 3.96. The van der Waals surface area contributed by atoms with Crippen LogP contribution in [-0.2, 0) is 20.7 Å². The van der Waals surface area contributed by atoms with E-state index < -0.39 is 35.6 Å². The fraction of sp³-hybridized carbons (Fsp3) is 0.483. The molecule has 2 rings (SSSR count). The first kappa shape index (κ1) is 30.6. The lowest BCUT2D eigenvalue weighted by molar-refractivity contribution is -0.143. The molecule has 208 valence electrons. The lowest BCUT2D eigenvalue weighted by Gasteiger charge is -2.34. The lowest BCUT2D eigenvalue weighted by Crippen LogP contribution is -2.54. The van der Waals surface area contributed by atoms with Crippen LogP contribution in [0.25, 0.3) is 0 Å². The SMILES string of the molecule is Cc1ccc(C(C(=O)NC(C)C)N(CCO)C(=O)C(Cc2ccc(O)cc2)NC(=O)OC(C)(C)C)cc1C. The molecule has 0 radical (unpaired) electrons. The van der Waals surface area contributed by atoms with Gasteiger partial charge < -0.3 is 30.5 Å². The molecule has 9 nitrogen and oxygen atoms in total. The van der Waals surface area contributed by atoms with E-state index in [1.165, 1.54) is 17.0 Å². The molecule has 0 aromatic heterocycles. The number of aliphatic hydroxyl groups is 1. The van der Waals surface area contributed by atoms with Crippen molar-refractivity contribution < 1.29 is 29.3 Å². The van der Waals surface area contributed by atoms with Gasteiger partial charge in [-0.05, 0) is 82.9 Å². The molecule has 0 bridgehead atoms. The number of aromatic hydroxyl groups is 1. The molecular weight excluding hydrogens is 486 g/mol. The largest absolute Gasteiger partial charge is 0.508 e. The van der Waals surface area contributed by atoms with Gasteiger partial charge in [-0.2, -0.15) is 0 Å². The number of benzene rings is 2. The Morgan fingerprint density at radius 1 is 0.974 bits per heavy atom. The summed E-state index contributed by atoms with van der Waals surface area (Å²) in [7, 11) is 0. The summed E-state index contributed by atoms with van der Waals surface area (Å²) >= 11 is 0. The number of ether oxygens (including phenoxy) is 1. The summed E-state index contributed by atoms with van der Waals surface area (Å²) in [6.07, 6.45) is -0.709. The summed E-state index contributed by atoms with van der Waals surface area (Å²) in [4.78, 5) is 41.6. The molecule has 2 aromatic carbocycles. The van der Waals surface area contributed by atoms with Crippen LogP contribution in [0, 0.1) is 13.8 Å². The molecule has 0 aliphatic heterocycles. The molecule has 3 amide bonds. The quantitative estimate of drug-likeness (QED) is 0.374. The van der Waals surface area contributed by atoms with Crippen molar-refractivity contribution in [3.8, 4) is 5.75 Å². The van der Waals surface area contributed by atoms with E-state index in [2.05, 4.69) is 10.6 Å². The predicted molar refractivity (Wildman–Crippen MR) is 146 cm³/mol. The summed E-state index contributed by atoms with van der Waals surface area (Å²) in [6.45, 7) is 12.2. The van der Waals surface area contributed by atoms with Gasteiger partial charge in [0.05, 0.1) is 6.61 Å². The zero-order valence-corrected chi connectivity index (χ0v) is 23.4. The average Bonchev–Trinajstić information content (AvgIpc) is 2.80. The van der Waals surface area contributed by atoms with Crippen LogP contribution in [0.15, 0.2) is 42.5 Å². The minimum atomic E-state index is -1.11. The van der Waals surface area contributed by atoms with E-state index in [0.29, 0.717) is 11.1 Å². The monoisotopic (exact) mass is 527 g/mol. The minimum absolute atomic E-state index is 0.0683. The first-order valence-corrected chi connectivity index (χ1v) is 12.8. The molecular formula is C29H41N3O6. The molecule has 0 aliphatic carbocycles. The Morgan fingerprint density at radius 3 is 2.13 bits per heavy atom. The lowest BCUT2D eigenvalue weighted by atomic mass is 9.97. The highest BCUT2D eigenvalue weighted by Crippen LogP contribution is 2.25. The topological polar surface area (TPSA) is 128 Å². The number of hydrogen-bond acceptors (Lipinski definition) is 6. The number of amides is 3. The third-order valence-corrected chi connectivity index (χ3v) is 5.83. The third kappa shape index (κ3) is 9.06. The molecule has 0 saturated heterocycles. The van der Waals surface area contributed by atoms with Crippen molar-refractivity contribution in [2.24, 2.45) is 0 Å². The Hall–Kier alpha value is -3.59. The second kappa shape index (κ2) is 13.3. The van der Waals surface area contributed by atoms with Crippen molar-refractivity contribution in [3.05, 3.63) is 64.7 Å². The first-order chi connectivity index (χ1) is 17.7. The van der Waals surface area contributed by atoms with Gasteiger partial charge in [0.15, 0.2) is 0 Å². The molecule has 9 heteroatoms. The van der Waals surface area contributed by atoms with Crippen LogP contribution in [0.1, 0.15) is 62.9 Å². The molecule has 2 atom stereocenters. The van der Waals surface area contributed by atoms with Crippen molar-refractivity contribution in [1.82, 2.24) is 15.5 Å². The maximum Gasteiger partial charge on any atom is 0.408 e. The van der Waals surface area contributed by atoms with Gasteiger partial charge >= 0.3 is 6.09 Å². The van der Waals surface area contributed by atoms with Gasteiger partial charge in [-0.1, -0.05) is 30.3 Å².